The van der Waals surface area contributed by atoms with Gasteiger partial charge in [0.1, 0.15) is 6.04 Å². The Labute approximate surface area is 197 Å². The molecule has 1 aromatic heterocycles. The van der Waals surface area contributed by atoms with Crippen LogP contribution in [0, 0.1) is 5.41 Å². The van der Waals surface area contributed by atoms with Gasteiger partial charge < -0.3 is 26.4 Å². The number of hydrogen-bond acceptors (Lipinski definition) is 9. The first-order valence-corrected chi connectivity index (χ1v) is 11.0. The smallest absolute Gasteiger partial charge is 0.305 e. The molecule has 0 spiro atoms. The van der Waals surface area contributed by atoms with Gasteiger partial charge in [-0.1, -0.05) is 20.8 Å². The predicted molar refractivity (Wildman–Crippen MR) is 128 cm³/mol. The second kappa shape index (κ2) is 13.8. The van der Waals surface area contributed by atoms with E-state index in [2.05, 4.69) is 20.8 Å². The number of carboxylic acids is 1. The molecule has 0 aromatic carbocycles. The summed E-state index contributed by atoms with van der Waals surface area (Å²) in [5.74, 6) is -2.42. The molecule has 1 amide bonds. The first-order valence-electron chi connectivity index (χ1n) is 11.0. The Bertz CT molecular complexity index is 971. The summed E-state index contributed by atoms with van der Waals surface area (Å²) in [6.07, 6.45) is 2.26. The van der Waals surface area contributed by atoms with Crippen LogP contribution in [0.3, 0.4) is 0 Å². The molecular formula is C21H34N7O6+. The van der Waals surface area contributed by atoms with E-state index >= 15 is 0 Å². The summed E-state index contributed by atoms with van der Waals surface area (Å²) in [5.41, 5.74) is -0.450. The van der Waals surface area contributed by atoms with Crippen molar-refractivity contribution in [1.82, 2.24) is 19.8 Å². The summed E-state index contributed by atoms with van der Waals surface area (Å²) in [4.78, 5) is 55.7. The van der Waals surface area contributed by atoms with E-state index in [1.54, 1.807) is 6.92 Å². The van der Waals surface area contributed by atoms with Crippen molar-refractivity contribution in [3.05, 3.63) is 22.7 Å². The highest BCUT2D eigenvalue weighted by Crippen LogP contribution is 2.11. The van der Waals surface area contributed by atoms with E-state index < -0.39 is 41.7 Å². The van der Waals surface area contributed by atoms with Gasteiger partial charge in [0.05, 0.1) is 36.4 Å². The topological polar surface area (TPSA) is 193 Å². The number of rotatable bonds is 15. The number of ketones is 1. The zero-order valence-electron chi connectivity index (χ0n) is 19.9. The van der Waals surface area contributed by atoms with Crippen molar-refractivity contribution >= 4 is 34.9 Å². The molecule has 0 aliphatic rings. The zero-order chi connectivity index (χ0) is 25.8. The molecule has 188 valence electrons. The van der Waals surface area contributed by atoms with Crippen LogP contribution in [0.25, 0.3) is 0 Å². The van der Waals surface area contributed by atoms with Gasteiger partial charge in [-0.25, -0.2) is 4.98 Å². The molecule has 0 saturated carbocycles. The zero-order valence-corrected chi connectivity index (χ0v) is 19.9. The lowest BCUT2D eigenvalue weighted by Gasteiger charge is -2.24. The van der Waals surface area contributed by atoms with Crippen molar-refractivity contribution in [2.75, 3.05) is 31.5 Å². The van der Waals surface area contributed by atoms with Crippen LogP contribution in [0.4, 0.5) is 5.82 Å². The number of aromatic nitrogens is 2. The van der Waals surface area contributed by atoms with E-state index in [4.69, 9.17) is 10.6 Å². The van der Waals surface area contributed by atoms with Crippen LogP contribution in [-0.2, 0) is 14.4 Å². The van der Waals surface area contributed by atoms with Crippen LogP contribution in [0.1, 0.15) is 46.6 Å². The molecule has 13 nitrogen and oxygen atoms in total. The number of carbonyl (C=O) groups is 3. The minimum absolute atomic E-state index is 0.00237. The molecule has 34 heavy (non-hydrogen) atoms. The van der Waals surface area contributed by atoms with E-state index in [9.17, 15) is 24.3 Å². The van der Waals surface area contributed by atoms with Crippen LogP contribution in [0.15, 0.2) is 22.3 Å². The summed E-state index contributed by atoms with van der Waals surface area (Å²) in [6.45, 7) is 8.00. The van der Waals surface area contributed by atoms with Crippen molar-refractivity contribution in [1.29, 1.82) is 5.41 Å². The Kier molecular flexibility index (Phi) is 11.6. The van der Waals surface area contributed by atoms with E-state index in [1.807, 2.05) is 18.7 Å². The molecule has 1 heterocycles. The van der Waals surface area contributed by atoms with Crippen molar-refractivity contribution in [3.63, 3.8) is 0 Å². The van der Waals surface area contributed by atoms with Gasteiger partial charge in [-0.2, -0.15) is 0 Å². The van der Waals surface area contributed by atoms with Crippen LogP contribution in [0.2, 0.25) is 0 Å². The highest BCUT2D eigenvalue weighted by Gasteiger charge is 2.29. The number of nitrogens with one attached hydrogen (secondary N) is 3. The monoisotopic (exact) mass is 480 g/mol. The maximum absolute atomic E-state index is 13.0. The fraction of sp³-hybridized carbons (Fsp3) is 0.571. The largest absolute Gasteiger partial charge is 0.481 e. The predicted octanol–water partition coefficient (Wildman–Crippen LogP) is -0.403. The maximum atomic E-state index is 13.0. The Morgan fingerprint density at radius 3 is 2.44 bits per heavy atom. The first-order chi connectivity index (χ1) is 16.1. The number of Topliss-reactive ketones (excluding diaryl/α,β-unsaturated/α-hetero) is 1. The van der Waals surface area contributed by atoms with E-state index in [0.717, 1.165) is 4.57 Å². The number of amides is 1. The van der Waals surface area contributed by atoms with Gasteiger partial charge >= 0.3 is 5.97 Å². The molecule has 0 saturated heterocycles. The van der Waals surface area contributed by atoms with Crippen molar-refractivity contribution < 1.29 is 24.7 Å². The first kappa shape index (κ1) is 28.4. The number of aliphatic carboxylic acids is 1. The summed E-state index contributed by atoms with van der Waals surface area (Å²) < 4.78 is 1.14. The highest BCUT2D eigenvalue weighted by atomic mass is 16.4. The van der Waals surface area contributed by atoms with Crippen molar-refractivity contribution in [2.24, 2.45) is 5.16 Å². The average Bonchev–Trinajstić information content (AvgIpc) is 2.79. The quantitative estimate of drug-likeness (QED) is 0.148. The van der Waals surface area contributed by atoms with E-state index in [0.29, 0.717) is 13.1 Å². The summed E-state index contributed by atoms with van der Waals surface area (Å²) in [6, 6.07) is -2.25. The highest BCUT2D eigenvalue weighted by molar-refractivity contribution is 6.41. The van der Waals surface area contributed by atoms with Crippen LogP contribution in [-0.4, -0.2) is 86.1 Å². The molecule has 0 radical (unpaired) electrons. The minimum atomic E-state index is -1.24. The molecule has 2 atom stereocenters. The lowest BCUT2D eigenvalue weighted by molar-refractivity contribution is -0.140. The Morgan fingerprint density at radius 1 is 1.29 bits per heavy atom. The number of likely N-dealkylation sites (N-methyl/N-ethyl adjacent to an activating group) is 1. The normalized spacial score (nSPS) is 13.3. The minimum Gasteiger partial charge on any atom is -0.481 e. The molecule has 1 rings (SSSR count). The third-order valence-electron chi connectivity index (χ3n) is 5.24. The molecule has 13 heteroatoms. The maximum Gasteiger partial charge on any atom is 0.305 e. The second-order valence-electron chi connectivity index (χ2n) is 7.54. The standard InChI is InChI=1S/C21H33N7O6/c1-5-16(20(32)25-14(10-18(30)31)17(29)12-27(6-2)7-3)28-9-8-23-19(21(28)33)24-11-15(26-34)13(4)22/h8-9,14,16,22,34H,5-7,10-12H2,1-4H3,(H,23,24)(H,25,32)(H,30,31)/p+1/b22-13?,26-15-. The molecule has 1 aromatic rings. The fourth-order valence-electron chi connectivity index (χ4n) is 3.19. The van der Waals surface area contributed by atoms with Crippen molar-refractivity contribution in [3.8, 4) is 0 Å². The van der Waals surface area contributed by atoms with Gasteiger partial charge in [-0.3, -0.25) is 28.6 Å². The number of anilines is 1. The molecule has 0 aliphatic carbocycles. The fourth-order valence-corrected chi connectivity index (χ4v) is 3.19. The van der Waals surface area contributed by atoms with Gasteiger partial charge in [-0.05, 0) is 26.4 Å². The Morgan fingerprint density at radius 2 is 1.94 bits per heavy atom. The number of hydrogen-bond donors (Lipinski definition) is 4. The van der Waals surface area contributed by atoms with Crippen LogP contribution < -0.4 is 16.2 Å². The lowest BCUT2D eigenvalue weighted by Crippen LogP contribution is -2.49. The summed E-state index contributed by atoms with van der Waals surface area (Å²) in [7, 11) is 0. The SMILES string of the molecule is CCC(C(=O)NC(CC(=O)O)C(=O)CN(CC)CC)n1ccnc(NC/C(=N/[OH2+])C(C)=N)c1=O. The molecule has 0 bridgehead atoms. The molecule has 0 aliphatic heterocycles. The number of carbonyl (C=O) groups excluding carboxylic acids is 2. The molecule has 0 fully saturated rings. The average molecular weight is 481 g/mol. The van der Waals surface area contributed by atoms with Crippen molar-refractivity contribution in [2.45, 2.75) is 52.6 Å². The van der Waals surface area contributed by atoms with Crippen LogP contribution >= 0.6 is 0 Å². The van der Waals surface area contributed by atoms with Gasteiger partial charge in [0, 0.05) is 12.4 Å². The van der Waals surface area contributed by atoms with E-state index in [1.165, 1.54) is 19.3 Å². The summed E-state index contributed by atoms with van der Waals surface area (Å²) in [5, 5.41) is 32.3. The number of nitrogens with zero attached hydrogens (tertiary/aromatic N) is 4. The van der Waals surface area contributed by atoms with Crippen LogP contribution in [0.5, 0.6) is 0 Å². The third-order valence-corrected chi connectivity index (χ3v) is 5.24. The van der Waals surface area contributed by atoms with Gasteiger partial charge in [0.15, 0.2) is 17.3 Å². The molecule has 2 unspecified atom stereocenters. The van der Waals surface area contributed by atoms with Gasteiger partial charge in [0.2, 0.25) is 5.91 Å². The Balaban J connectivity index is 3.12. The Hall–Kier alpha value is -3.61. The third kappa shape index (κ3) is 8.06. The molecular weight excluding hydrogens is 446 g/mol. The van der Waals surface area contributed by atoms with Gasteiger partial charge in [0.25, 0.3) is 5.56 Å². The second-order valence-corrected chi connectivity index (χ2v) is 7.54. The molecule has 6 N–H and O–H groups in total. The summed E-state index contributed by atoms with van der Waals surface area (Å²) >= 11 is 0. The number of carboxylic acid groups (broad SMARTS) is 1. The van der Waals surface area contributed by atoms with Gasteiger partial charge in [-0.15, -0.1) is 0 Å². The van der Waals surface area contributed by atoms with E-state index in [-0.39, 0.29) is 36.8 Å². The lowest BCUT2D eigenvalue weighted by atomic mass is 10.1.